The Bertz CT molecular complexity index is 808. The summed E-state index contributed by atoms with van der Waals surface area (Å²) in [4.78, 5) is 38.2. The van der Waals surface area contributed by atoms with Crippen LogP contribution in [-0.4, -0.2) is 91.3 Å². The molecule has 0 aliphatic carbocycles. The average molecular weight is 469 g/mol. The second kappa shape index (κ2) is 11.2. The van der Waals surface area contributed by atoms with E-state index >= 15 is 0 Å². The van der Waals surface area contributed by atoms with Crippen molar-refractivity contribution in [2.24, 2.45) is 0 Å². The summed E-state index contributed by atoms with van der Waals surface area (Å²) in [6, 6.07) is 9.28. The molecule has 32 heavy (non-hydrogen) atoms. The minimum Gasteiger partial charge on any atom is -0.394 e. The Labute approximate surface area is 189 Å². The Morgan fingerprint density at radius 1 is 1.12 bits per heavy atom. The molecule has 1 unspecified atom stereocenters. The van der Waals surface area contributed by atoms with E-state index in [1.807, 2.05) is 30.3 Å². The van der Waals surface area contributed by atoms with E-state index in [0.29, 0.717) is 12.2 Å². The predicted octanol–water partition coefficient (Wildman–Crippen LogP) is -1.26. The first kappa shape index (κ1) is 24.6. The van der Waals surface area contributed by atoms with E-state index in [-0.39, 0.29) is 31.2 Å². The summed E-state index contributed by atoms with van der Waals surface area (Å²) in [6.07, 6.45) is -6.32. The van der Waals surface area contributed by atoms with Crippen LogP contribution in [0.25, 0.3) is 0 Å². The molecule has 2 saturated heterocycles. The third-order valence-electron chi connectivity index (χ3n) is 5.45. The van der Waals surface area contributed by atoms with Crippen molar-refractivity contribution in [3.8, 4) is 0 Å². The number of aliphatic hydroxyl groups excluding tert-OH is 4. The minimum atomic E-state index is -1.56. The molecule has 0 aromatic heterocycles. The van der Waals surface area contributed by atoms with Gasteiger partial charge >= 0.3 is 0 Å². The van der Waals surface area contributed by atoms with Crippen LogP contribution in [0.5, 0.6) is 0 Å². The highest BCUT2D eigenvalue weighted by Gasteiger charge is 2.44. The zero-order valence-electron chi connectivity index (χ0n) is 17.4. The zero-order chi connectivity index (χ0) is 23.3. The summed E-state index contributed by atoms with van der Waals surface area (Å²) >= 11 is 1.32. The lowest BCUT2D eigenvalue weighted by Crippen LogP contribution is -2.63. The third-order valence-corrected chi connectivity index (χ3v) is 6.74. The number of amides is 3. The van der Waals surface area contributed by atoms with Crippen LogP contribution in [0.1, 0.15) is 24.8 Å². The van der Waals surface area contributed by atoms with Crippen LogP contribution in [0, 0.1) is 0 Å². The number of imide groups is 1. The Hall–Kier alpha value is -2.02. The molecule has 3 amide bonds. The Kier molecular flexibility index (Phi) is 8.63. The topological polar surface area (TPSA) is 157 Å². The highest BCUT2D eigenvalue weighted by atomic mass is 32.2. The van der Waals surface area contributed by atoms with Gasteiger partial charge in [-0.05, 0) is 17.7 Å². The van der Waals surface area contributed by atoms with Gasteiger partial charge in [-0.1, -0.05) is 30.3 Å². The van der Waals surface area contributed by atoms with Crippen LogP contribution in [0.4, 0.5) is 0 Å². The Morgan fingerprint density at radius 3 is 2.53 bits per heavy atom. The summed E-state index contributed by atoms with van der Waals surface area (Å²) in [5.74, 6) is -0.411. The molecular weight excluding hydrogens is 440 g/mol. The minimum absolute atomic E-state index is 0.0740. The van der Waals surface area contributed by atoms with Gasteiger partial charge in [-0.15, -0.1) is 11.8 Å². The molecule has 0 radical (unpaired) electrons. The second-order valence-corrected chi connectivity index (χ2v) is 9.10. The molecule has 1 aromatic carbocycles. The summed E-state index contributed by atoms with van der Waals surface area (Å²) < 4.78 is 5.24. The van der Waals surface area contributed by atoms with Crippen molar-refractivity contribution >= 4 is 29.5 Å². The van der Waals surface area contributed by atoms with Crippen molar-refractivity contribution in [1.82, 2.24) is 10.2 Å². The van der Waals surface area contributed by atoms with Gasteiger partial charge in [-0.2, -0.15) is 0 Å². The summed E-state index contributed by atoms with van der Waals surface area (Å²) in [5, 5.41) is 40.6. The molecule has 5 N–H and O–H groups in total. The van der Waals surface area contributed by atoms with Crippen LogP contribution in [0.15, 0.2) is 30.3 Å². The molecule has 11 heteroatoms. The normalized spacial score (nSPS) is 30.6. The van der Waals surface area contributed by atoms with Crippen molar-refractivity contribution in [1.29, 1.82) is 0 Å². The van der Waals surface area contributed by atoms with Gasteiger partial charge in [0.1, 0.15) is 24.4 Å². The van der Waals surface area contributed by atoms with E-state index in [2.05, 4.69) is 5.32 Å². The van der Waals surface area contributed by atoms with E-state index in [0.717, 1.165) is 5.56 Å². The maximum atomic E-state index is 12.6. The number of nitrogens with one attached hydrogen (secondary N) is 1. The summed E-state index contributed by atoms with van der Waals surface area (Å²) in [6.45, 7) is -0.333. The highest BCUT2D eigenvalue weighted by Crippen LogP contribution is 2.27. The second-order valence-electron chi connectivity index (χ2n) is 7.79. The largest absolute Gasteiger partial charge is 0.394 e. The number of carbonyl (C=O) groups excluding carboxylic acids is 3. The van der Waals surface area contributed by atoms with Crippen molar-refractivity contribution < 1.29 is 39.5 Å². The molecule has 0 bridgehead atoms. The van der Waals surface area contributed by atoms with Crippen molar-refractivity contribution in [2.75, 3.05) is 12.4 Å². The smallest absolute Gasteiger partial charge is 0.243 e. The van der Waals surface area contributed by atoms with Crippen LogP contribution < -0.4 is 5.32 Å². The van der Waals surface area contributed by atoms with Gasteiger partial charge in [-0.3, -0.25) is 19.3 Å². The first-order valence-electron chi connectivity index (χ1n) is 10.4. The molecule has 0 spiro atoms. The van der Waals surface area contributed by atoms with Gasteiger partial charge in [0.25, 0.3) is 0 Å². The van der Waals surface area contributed by atoms with Gasteiger partial charge in [-0.25, -0.2) is 0 Å². The van der Waals surface area contributed by atoms with E-state index in [1.54, 1.807) is 0 Å². The number of carbonyl (C=O) groups is 3. The SMILES string of the molecule is O=C(CCCSC1CC(=O)N(Cc2ccccc2)C1=O)N[C@@H]1O[C@H](CO)[C@@H](O)[C@H](O)[C@H]1O. The first-order chi connectivity index (χ1) is 15.3. The van der Waals surface area contributed by atoms with Crippen molar-refractivity contribution in [3.63, 3.8) is 0 Å². The van der Waals surface area contributed by atoms with E-state index < -0.39 is 48.4 Å². The molecule has 2 heterocycles. The number of hydrogen-bond acceptors (Lipinski definition) is 9. The fraction of sp³-hybridized carbons (Fsp3) is 0.571. The molecule has 3 rings (SSSR count). The number of likely N-dealkylation sites (tertiary alicyclic amines) is 1. The molecule has 6 atom stereocenters. The molecule has 10 nitrogen and oxygen atoms in total. The van der Waals surface area contributed by atoms with E-state index in [9.17, 15) is 34.8 Å². The van der Waals surface area contributed by atoms with Gasteiger partial charge in [0.05, 0.1) is 18.4 Å². The number of aliphatic hydroxyl groups is 4. The number of benzene rings is 1. The summed E-state index contributed by atoms with van der Waals surface area (Å²) in [5.41, 5.74) is 0.879. The lowest BCUT2D eigenvalue weighted by Gasteiger charge is -2.40. The molecule has 2 fully saturated rings. The first-order valence-corrected chi connectivity index (χ1v) is 11.5. The van der Waals surface area contributed by atoms with E-state index in [1.165, 1.54) is 16.7 Å². The molecule has 176 valence electrons. The fourth-order valence-corrected chi connectivity index (χ4v) is 4.75. The third kappa shape index (κ3) is 5.85. The van der Waals surface area contributed by atoms with Gasteiger partial charge < -0.3 is 30.5 Å². The monoisotopic (exact) mass is 468 g/mol. The lowest BCUT2D eigenvalue weighted by atomic mass is 9.98. The molecule has 0 saturated carbocycles. The zero-order valence-corrected chi connectivity index (χ0v) is 18.2. The lowest BCUT2D eigenvalue weighted by molar-refractivity contribution is -0.235. The Balaban J connectivity index is 1.40. The Morgan fingerprint density at radius 2 is 1.84 bits per heavy atom. The van der Waals surface area contributed by atoms with Gasteiger partial charge in [0.15, 0.2) is 6.23 Å². The van der Waals surface area contributed by atoms with E-state index in [4.69, 9.17) is 4.74 Å². The fourth-order valence-electron chi connectivity index (χ4n) is 3.63. The van der Waals surface area contributed by atoms with Gasteiger partial charge in [0, 0.05) is 12.8 Å². The average Bonchev–Trinajstić information content (AvgIpc) is 3.05. The van der Waals surface area contributed by atoms with Crippen molar-refractivity contribution in [2.45, 2.75) is 61.7 Å². The van der Waals surface area contributed by atoms with Crippen LogP contribution >= 0.6 is 11.8 Å². The number of hydrogen-bond donors (Lipinski definition) is 5. The van der Waals surface area contributed by atoms with Crippen molar-refractivity contribution in [3.05, 3.63) is 35.9 Å². The molecule has 2 aliphatic heterocycles. The maximum absolute atomic E-state index is 12.6. The number of rotatable bonds is 9. The summed E-state index contributed by atoms with van der Waals surface area (Å²) in [7, 11) is 0. The van der Waals surface area contributed by atoms with Crippen LogP contribution in [0.2, 0.25) is 0 Å². The number of thioether (sulfide) groups is 1. The van der Waals surface area contributed by atoms with Gasteiger partial charge in [0.2, 0.25) is 17.7 Å². The molecule has 2 aliphatic rings. The predicted molar refractivity (Wildman–Crippen MR) is 114 cm³/mol. The standard InChI is InChI=1S/C21H28N2O8S/c24-11-13-17(27)18(28)19(29)20(31-13)22-15(25)7-4-8-32-14-9-16(26)23(21(14)30)10-12-5-2-1-3-6-12/h1-3,5-6,13-14,17-20,24,27-29H,4,7-11H2,(H,22,25)/t13-,14?,17-,18+,19-,20-/m1/s1. The maximum Gasteiger partial charge on any atom is 0.243 e. The number of nitrogens with zero attached hydrogens (tertiary/aromatic N) is 1. The highest BCUT2D eigenvalue weighted by molar-refractivity contribution is 8.00. The molecule has 1 aromatic rings. The molecular formula is C21H28N2O8S. The van der Waals surface area contributed by atoms with Crippen LogP contribution in [0.3, 0.4) is 0 Å². The quantitative estimate of drug-likeness (QED) is 0.221. The number of ether oxygens (including phenoxy) is 1. The van der Waals surface area contributed by atoms with Crippen LogP contribution in [-0.2, 0) is 25.7 Å².